The van der Waals surface area contributed by atoms with Gasteiger partial charge in [-0.1, -0.05) is 29.3 Å². The highest BCUT2D eigenvalue weighted by Gasteiger charge is 2.17. The van der Waals surface area contributed by atoms with Crippen LogP contribution in [0.2, 0.25) is 0 Å². The molecule has 3 aromatic rings. The molecule has 3 rings (SSSR count). The summed E-state index contributed by atoms with van der Waals surface area (Å²) in [5.74, 6) is -0.551. The van der Waals surface area contributed by atoms with Crippen molar-refractivity contribution >= 4 is 38.4 Å². The summed E-state index contributed by atoms with van der Waals surface area (Å²) in [7, 11) is 0. The van der Waals surface area contributed by atoms with E-state index in [0.29, 0.717) is 6.54 Å². The number of fused-ring (bicyclic) bond motifs is 1. The number of nitrogens with zero attached hydrogens (tertiary/aromatic N) is 4. The van der Waals surface area contributed by atoms with Gasteiger partial charge in [0.05, 0.1) is 5.52 Å². The molecule has 0 radical (unpaired) electrons. The van der Waals surface area contributed by atoms with Crippen LogP contribution < -0.4 is 0 Å². The molecule has 0 saturated heterocycles. The lowest BCUT2D eigenvalue weighted by Gasteiger charge is -2.05. The van der Waals surface area contributed by atoms with E-state index in [9.17, 15) is 9.90 Å². The third kappa shape index (κ3) is 3.48. The van der Waals surface area contributed by atoms with Gasteiger partial charge in [-0.3, -0.25) is 9.89 Å². The number of H-pyrrole nitrogens is 1. The maximum atomic E-state index is 12.1. The van der Waals surface area contributed by atoms with Crippen molar-refractivity contribution in [1.29, 1.82) is 0 Å². The number of carbonyl (C=O) groups is 1. The zero-order valence-electron chi connectivity index (χ0n) is 14.0. The minimum atomic E-state index is -0.562. The molecule has 0 unspecified atom stereocenters. The van der Waals surface area contributed by atoms with Gasteiger partial charge in [-0.15, -0.1) is 10.2 Å². The number of amides is 1. The van der Waals surface area contributed by atoms with Gasteiger partial charge >= 0.3 is 5.91 Å². The summed E-state index contributed by atoms with van der Waals surface area (Å²) in [4.78, 5) is 12.1. The number of nitrogens with one attached hydrogen (secondary N) is 1. The van der Waals surface area contributed by atoms with E-state index in [-0.39, 0.29) is 17.3 Å². The number of azo groups is 1. The first-order valence-corrected chi connectivity index (χ1v) is 8.79. The second-order valence-electron chi connectivity index (χ2n) is 5.78. The summed E-state index contributed by atoms with van der Waals surface area (Å²) in [5, 5.41) is 25.6. The van der Waals surface area contributed by atoms with Gasteiger partial charge in [0, 0.05) is 22.1 Å². The Bertz CT molecular complexity index is 958. The maximum absolute atomic E-state index is 12.1. The number of hydrogen-bond acceptors (Lipinski definition) is 4. The predicted octanol–water partition coefficient (Wildman–Crippen LogP) is 4.87. The van der Waals surface area contributed by atoms with Crippen LogP contribution in [0, 0.1) is 6.92 Å². The standard InChI is InChI=1S/C17H18BrN5O2/c1-3-4-7-23-14-6-5-11(18)9-12(14)15(17(23)25)21-22-16(24)13-8-10(2)19-20-13/h5-6,8-9,25H,3-4,7H2,1-2H3,(H,19,20). The molecule has 0 aliphatic heterocycles. The third-order valence-corrected chi connectivity index (χ3v) is 4.37. The largest absolute Gasteiger partial charge is 0.493 e. The van der Waals surface area contributed by atoms with Crippen LogP contribution in [0.1, 0.15) is 35.9 Å². The molecule has 0 aliphatic rings. The average Bonchev–Trinajstić information content (AvgIpc) is 3.12. The molecule has 0 saturated carbocycles. The van der Waals surface area contributed by atoms with E-state index in [1.165, 1.54) is 0 Å². The minimum absolute atomic E-state index is 0.0105. The van der Waals surface area contributed by atoms with E-state index < -0.39 is 5.91 Å². The highest BCUT2D eigenvalue weighted by atomic mass is 79.9. The summed E-state index contributed by atoms with van der Waals surface area (Å²) in [5.41, 5.74) is 2.09. The molecule has 1 aromatic carbocycles. The van der Waals surface area contributed by atoms with Gasteiger partial charge in [-0.05, 0) is 37.6 Å². The zero-order chi connectivity index (χ0) is 18.0. The number of unbranched alkanes of at least 4 members (excludes halogenated alkanes) is 1. The molecular weight excluding hydrogens is 386 g/mol. The first kappa shape index (κ1) is 17.3. The topological polar surface area (TPSA) is 95.6 Å². The van der Waals surface area contributed by atoms with Crippen LogP contribution in [0.15, 0.2) is 39.0 Å². The number of carbonyl (C=O) groups excluding carboxylic acids is 1. The number of aryl methyl sites for hydroxylation is 2. The van der Waals surface area contributed by atoms with Crippen LogP contribution in [0.4, 0.5) is 5.69 Å². The van der Waals surface area contributed by atoms with Crippen LogP contribution >= 0.6 is 15.9 Å². The Morgan fingerprint density at radius 3 is 2.88 bits per heavy atom. The van der Waals surface area contributed by atoms with Crippen molar-refractivity contribution in [1.82, 2.24) is 14.8 Å². The van der Waals surface area contributed by atoms with Gasteiger partial charge in [0.25, 0.3) is 0 Å². The first-order chi connectivity index (χ1) is 12.0. The maximum Gasteiger partial charge on any atom is 0.315 e. The quantitative estimate of drug-likeness (QED) is 0.594. The van der Waals surface area contributed by atoms with Crippen molar-refractivity contribution < 1.29 is 9.90 Å². The lowest BCUT2D eigenvalue weighted by atomic mass is 10.2. The fourth-order valence-corrected chi connectivity index (χ4v) is 2.97. The number of aromatic amines is 1. The second-order valence-corrected chi connectivity index (χ2v) is 6.70. The molecular formula is C17H18BrN5O2. The SMILES string of the molecule is CCCCn1c(O)c(N=NC(=O)c2cc(C)[nH]n2)c2cc(Br)ccc21. The van der Waals surface area contributed by atoms with E-state index >= 15 is 0 Å². The van der Waals surface area contributed by atoms with Crippen molar-refractivity contribution in [2.45, 2.75) is 33.2 Å². The average molecular weight is 404 g/mol. The molecule has 2 N–H and O–H groups in total. The van der Waals surface area contributed by atoms with Crippen molar-refractivity contribution in [2.24, 2.45) is 10.2 Å². The molecule has 0 bridgehead atoms. The molecule has 25 heavy (non-hydrogen) atoms. The molecule has 1 amide bonds. The summed E-state index contributed by atoms with van der Waals surface area (Å²) in [6.07, 6.45) is 1.93. The van der Waals surface area contributed by atoms with Crippen LogP contribution in [-0.4, -0.2) is 25.8 Å². The summed E-state index contributed by atoms with van der Waals surface area (Å²) >= 11 is 3.43. The number of rotatable bonds is 5. The van der Waals surface area contributed by atoms with Crippen molar-refractivity contribution in [3.63, 3.8) is 0 Å². The Balaban J connectivity index is 2.02. The zero-order valence-corrected chi connectivity index (χ0v) is 15.5. The fourth-order valence-electron chi connectivity index (χ4n) is 2.61. The Morgan fingerprint density at radius 1 is 1.40 bits per heavy atom. The van der Waals surface area contributed by atoms with E-state index in [0.717, 1.165) is 33.9 Å². The Morgan fingerprint density at radius 2 is 2.20 bits per heavy atom. The number of halogens is 1. The molecule has 130 valence electrons. The smallest absolute Gasteiger partial charge is 0.315 e. The highest BCUT2D eigenvalue weighted by molar-refractivity contribution is 9.10. The number of aromatic nitrogens is 3. The number of benzene rings is 1. The fraction of sp³-hybridized carbons (Fsp3) is 0.294. The normalized spacial score (nSPS) is 11.6. The molecule has 8 heteroatoms. The van der Waals surface area contributed by atoms with Crippen molar-refractivity contribution in [3.8, 4) is 5.88 Å². The monoisotopic (exact) mass is 403 g/mol. The second kappa shape index (κ2) is 7.18. The van der Waals surface area contributed by atoms with Gasteiger partial charge in [0.2, 0.25) is 5.88 Å². The highest BCUT2D eigenvalue weighted by Crippen LogP contribution is 2.40. The van der Waals surface area contributed by atoms with Gasteiger partial charge in [-0.25, -0.2) is 0 Å². The lowest BCUT2D eigenvalue weighted by Crippen LogP contribution is -1.96. The summed E-state index contributed by atoms with van der Waals surface area (Å²) in [6.45, 7) is 4.55. The van der Waals surface area contributed by atoms with Crippen LogP contribution in [0.25, 0.3) is 10.9 Å². The van der Waals surface area contributed by atoms with Gasteiger partial charge in [0.1, 0.15) is 0 Å². The minimum Gasteiger partial charge on any atom is -0.493 e. The Labute approximate surface area is 152 Å². The van der Waals surface area contributed by atoms with E-state index in [1.807, 2.05) is 18.2 Å². The molecule has 2 aromatic heterocycles. The van der Waals surface area contributed by atoms with Gasteiger partial charge < -0.3 is 9.67 Å². The molecule has 0 atom stereocenters. The molecule has 0 spiro atoms. The summed E-state index contributed by atoms with van der Waals surface area (Å²) < 4.78 is 2.65. The van der Waals surface area contributed by atoms with Crippen molar-refractivity contribution in [2.75, 3.05) is 0 Å². The number of aromatic hydroxyl groups is 1. The molecule has 0 aliphatic carbocycles. The Kier molecular flexibility index (Phi) is 4.98. The van der Waals surface area contributed by atoms with Crippen LogP contribution in [0.5, 0.6) is 5.88 Å². The predicted molar refractivity (Wildman–Crippen MR) is 98.4 cm³/mol. The van der Waals surface area contributed by atoms with E-state index in [2.05, 4.69) is 43.3 Å². The van der Waals surface area contributed by atoms with Gasteiger partial charge in [0.15, 0.2) is 11.4 Å². The van der Waals surface area contributed by atoms with Gasteiger partial charge in [-0.2, -0.15) is 5.10 Å². The van der Waals surface area contributed by atoms with E-state index in [1.54, 1.807) is 17.6 Å². The van der Waals surface area contributed by atoms with Crippen LogP contribution in [-0.2, 0) is 6.54 Å². The third-order valence-electron chi connectivity index (χ3n) is 3.87. The lowest BCUT2D eigenvalue weighted by molar-refractivity contribution is 0.0990. The number of hydrogen-bond donors (Lipinski definition) is 2. The van der Waals surface area contributed by atoms with Crippen LogP contribution in [0.3, 0.4) is 0 Å². The molecule has 7 nitrogen and oxygen atoms in total. The Hall–Kier alpha value is -2.48. The molecule has 2 heterocycles. The van der Waals surface area contributed by atoms with Crippen molar-refractivity contribution in [3.05, 3.63) is 40.1 Å². The molecule has 0 fully saturated rings. The first-order valence-electron chi connectivity index (χ1n) is 8.00. The summed E-state index contributed by atoms with van der Waals surface area (Å²) in [6, 6.07) is 7.27. The van der Waals surface area contributed by atoms with E-state index in [4.69, 9.17) is 0 Å².